The number of benzene rings is 3. The molecule has 11 nitrogen and oxygen atoms in total. The Hall–Kier alpha value is -4.11. The van der Waals surface area contributed by atoms with Crippen LogP contribution < -0.4 is 15.4 Å². The average Bonchev–Trinajstić information content (AvgIpc) is 3.07. The lowest BCUT2D eigenvalue weighted by molar-refractivity contribution is -0.00834. The van der Waals surface area contributed by atoms with Gasteiger partial charge in [-0.25, -0.2) is 22.0 Å². The molecule has 0 aromatic heterocycles. The summed E-state index contributed by atoms with van der Waals surface area (Å²) in [5.41, 5.74) is 0.822. The molecule has 1 aliphatic rings. The van der Waals surface area contributed by atoms with Gasteiger partial charge in [0.2, 0.25) is 10.0 Å². The summed E-state index contributed by atoms with van der Waals surface area (Å²) in [6.45, 7) is 5.47. The molecule has 4 atom stereocenters. The highest BCUT2D eigenvalue weighted by Crippen LogP contribution is 2.29. The van der Waals surface area contributed by atoms with Crippen molar-refractivity contribution >= 4 is 33.3 Å². The molecule has 0 saturated heterocycles. The highest BCUT2D eigenvalue weighted by Gasteiger charge is 2.32. The van der Waals surface area contributed by atoms with Crippen LogP contribution in [0, 0.1) is 17.6 Å². The van der Waals surface area contributed by atoms with Crippen molar-refractivity contribution in [1.29, 1.82) is 0 Å². The lowest BCUT2D eigenvalue weighted by Gasteiger charge is -2.35. The molecule has 0 unspecified atom stereocenters. The zero-order valence-electron chi connectivity index (χ0n) is 28.1. The first kappa shape index (κ1) is 37.7. The molecule has 3 aromatic rings. The first-order valence-electron chi connectivity index (χ1n) is 16.2. The molecule has 49 heavy (non-hydrogen) atoms. The third-order valence-electron chi connectivity index (χ3n) is 8.37. The van der Waals surface area contributed by atoms with Crippen molar-refractivity contribution in [3.8, 4) is 5.75 Å². The maximum Gasteiger partial charge on any atom is 0.323 e. The summed E-state index contributed by atoms with van der Waals surface area (Å²) in [5, 5.41) is 15.5. The summed E-state index contributed by atoms with van der Waals surface area (Å²) >= 11 is 0. The largest absolute Gasteiger partial charge is 0.490 e. The van der Waals surface area contributed by atoms with Crippen LogP contribution in [0.15, 0.2) is 71.6 Å². The van der Waals surface area contributed by atoms with Crippen LogP contribution in [0.25, 0.3) is 0 Å². The highest BCUT2D eigenvalue weighted by atomic mass is 32.2. The van der Waals surface area contributed by atoms with Crippen LogP contribution in [-0.4, -0.2) is 86.3 Å². The van der Waals surface area contributed by atoms with Gasteiger partial charge in [-0.05, 0) is 99.8 Å². The van der Waals surface area contributed by atoms with Crippen LogP contribution in [0.5, 0.6) is 5.75 Å². The van der Waals surface area contributed by atoms with Crippen LogP contribution in [0.4, 0.5) is 25.0 Å². The van der Waals surface area contributed by atoms with Crippen molar-refractivity contribution in [2.45, 2.75) is 63.2 Å². The average molecular weight is 703 g/mol. The topological polar surface area (TPSA) is 138 Å². The number of hydrogen-bond acceptors (Lipinski definition) is 7. The number of nitrogens with one attached hydrogen (secondary N) is 2. The molecule has 0 aliphatic carbocycles. The number of fused-ring (bicyclic) bond motifs is 1. The number of aliphatic hydroxyl groups excluding tert-OH is 1. The molecule has 0 fully saturated rings. The Kier molecular flexibility index (Phi) is 13.1. The normalized spacial score (nSPS) is 20.1. The SMILES string of the molecule is C[C@H]1CCCCO[C@H](CN(C)S(=O)(=O)c2ccc(F)cc2)[C@@H](C)CN([C@@H](C)CO)C(=O)c2cc(NC(=O)Nc3ccc(F)cc3)ccc2O1. The second-order valence-electron chi connectivity index (χ2n) is 12.3. The van der Waals surface area contributed by atoms with E-state index in [4.69, 9.17) is 9.47 Å². The van der Waals surface area contributed by atoms with E-state index < -0.39 is 51.7 Å². The van der Waals surface area contributed by atoms with E-state index in [1.54, 1.807) is 19.1 Å². The van der Waals surface area contributed by atoms with E-state index in [2.05, 4.69) is 10.6 Å². The van der Waals surface area contributed by atoms with Crippen molar-refractivity contribution in [2.24, 2.45) is 5.92 Å². The van der Waals surface area contributed by atoms with Crippen LogP contribution in [-0.2, 0) is 14.8 Å². The Balaban J connectivity index is 1.62. The van der Waals surface area contributed by atoms with Gasteiger partial charge in [0.25, 0.3) is 5.91 Å². The monoisotopic (exact) mass is 702 g/mol. The number of nitrogens with zero attached hydrogens (tertiary/aromatic N) is 2. The molecular weight excluding hydrogens is 658 g/mol. The van der Waals surface area contributed by atoms with Crippen LogP contribution >= 0.6 is 0 Å². The summed E-state index contributed by atoms with van der Waals surface area (Å²) in [6.07, 6.45) is 1.15. The number of amides is 3. The molecule has 14 heteroatoms. The molecule has 3 amide bonds. The first-order valence-corrected chi connectivity index (χ1v) is 17.6. The minimum Gasteiger partial charge on any atom is -0.490 e. The van der Waals surface area contributed by atoms with Crippen LogP contribution in [0.2, 0.25) is 0 Å². The first-order chi connectivity index (χ1) is 23.3. The van der Waals surface area contributed by atoms with Crippen molar-refractivity contribution in [3.05, 3.63) is 83.9 Å². The fraction of sp³-hybridized carbons (Fsp3) is 0.429. The van der Waals surface area contributed by atoms with Crippen molar-refractivity contribution < 1.29 is 41.4 Å². The highest BCUT2D eigenvalue weighted by molar-refractivity contribution is 7.89. The number of likely N-dealkylation sites (N-methyl/N-ethyl adjacent to an activating group) is 1. The van der Waals surface area contributed by atoms with Crippen molar-refractivity contribution in [3.63, 3.8) is 0 Å². The second-order valence-corrected chi connectivity index (χ2v) is 14.4. The molecule has 1 aliphatic heterocycles. The third kappa shape index (κ3) is 10.2. The predicted molar refractivity (Wildman–Crippen MR) is 182 cm³/mol. The van der Waals surface area contributed by atoms with Gasteiger partial charge < -0.3 is 30.1 Å². The van der Waals surface area contributed by atoms with Gasteiger partial charge in [0, 0.05) is 44.0 Å². The summed E-state index contributed by atoms with van der Waals surface area (Å²) in [5.74, 6) is -1.57. The van der Waals surface area contributed by atoms with Gasteiger partial charge in [0.15, 0.2) is 0 Å². The summed E-state index contributed by atoms with van der Waals surface area (Å²) in [6, 6.07) is 13.3. The number of aliphatic hydroxyl groups is 1. The number of halogens is 2. The molecule has 4 rings (SSSR count). The van der Waals surface area contributed by atoms with Gasteiger partial charge in [0.1, 0.15) is 17.4 Å². The quantitative estimate of drug-likeness (QED) is 0.273. The Labute approximate surface area is 286 Å². The minimum absolute atomic E-state index is 0.0379. The van der Waals surface area contributed by atoms with E-state index in [1.807, 2.05) is 13.8 Å². The fourth-order valence-electron chi connectivity index (χ4n) is 5.43. The van der Waals surface area contributed by atoms with Gasteiger partial charge in [-0.2, -0.15) is 4.31 Å². The van der Waals surface area contributed by atoms with Gasteiger partial charge in [-0.15, -0.1) is 0 Å². The van der Waals surface area contributed by atoms with E-state index >= 15 is 0 Å². The zero-order chi connectivity index (χ0) is 35.7. The molecular formula is C35H44F2N4O7S. The Morgan fingerprint density at radius 1 is 1.00 bits per heavy atom. The zero-order valence-corrected chi connectivity index (χ0v) is 28.9. The number of rotatable bonds is 8. The standard InChI is InChI=1S/C35H44F2N4O7S/c1-23-20-41(24(2)22-42)34(43)31-19-29(39-35(44)38-28-12-8-26(36)9-13-28)14-17-32(31)48-25(3)7-5-6-18-47-33(23)21-40(4)49(45,46)30-15-10-27(37)11-16-30/h8-17,19,23-25,33,42H,5-7,18,20-22H2,1-4H3,(H2,38,39,44)/t23-,24-,25-,33+/m0/s1. The maximum atomic E-state index is 14.3. The molecule has 0 bridgehead atoms. The van der Waals surface area contributed by atoms with Gasteiger partial charge >= 0.3 is 6.03 Å². The van der Waals surface area contributed by atoms with Crippen molar-refractivity contribution in [1.82, 2.24) is 9.21 Å². The lowest BCUT2D eigenvalue weighted by atomic mass is 10.0. The number of anilines is 2. The molecule has 0 saturated carbocycles. The van der Waals surface area contributed by atoms with Gasteiger partial charge in [-0.3, -0.25) is 4.79 Å². The second kappa shape index (κ2) is 17.0. The van der Waals surface area contributed by atoms with E-state index in [0.717, 1.165) is 22.9 Å². The van der Waals surface area contributed by atoms with Gasteiger partial charge in [-0.1, -0.05) is 6.92 Å². The van der Waals surface area contributed by atoms with Crippen molar-refractivity contribution in [2.75, 3.05) is 44.0 Å². The third-order valence-corrected chi connectivity index (χ3v) is 10.2. The molecule has 3 N–H and O–H groups in total. The minimum atomic E-state index is -3.98. The molecule has 3 aromatic carbocycles. The van der Waals surface area contributed by atoms with E-state index in [-0.39, 0.29) is 36.3 Å². The Morgan fingerprint density at radius 2 is 1.61 bits per heavy atom. The van der Waals surface area contributed by atoms with E-state index in [9.17, 15) is 31.9 Å². The number of carbonyl (C=O) groups excluding carboxylic acids is 2. The summed E-state index contributed by atoms with van der Waals surface area (Å²) in [7, 11) is -2.55. The van der Waals surface area contributed by atoms with Gasteiger partial charge in [0.05, 0.1) is 35.3 Å². The summed E-state index contributed by atoms with van der Waals surface area (Å²) < 4.78 is 67.1. The number of ether oxygens (including phenoxy) is 2. The fourth-order valence-corrected chi connectivity index (χ4v) is 6.61. The number of hydrogen-bond donors (Lipinski definition) is 3. The number of carbonyl (C=O) groups is 2. The summed E-state index contributed by atoms with van der Waals surface area (Å²) in [4.78, 5) is 28.5. The predicted octanol–water partition coefficient (Wildman–Crippen LogP) is 5.73. The van der Waals surface area contributed by atoms with E-state index in [0.29, 0.717) is 36.6 Å². The van der Waals surface area contributed by atoms with Crippen LogP contribution in [0.3, 0.4) is 0 Å². The lowest BCUT2D eigenvalue weighted by Crippen LogP contribution is -2.48. The Bertz CT molecular complexity index is 1680. The maximum absolute atomic E-state index is 14.3. The van der Waals surface area contributed by atoms with Crippen LogP contribution in [0.1, 0.15) is 50.4 Å². The molecule has 0 spiro atoms. The number of urea groups is 1. The Morgan fingerprint density at radius 3 is 2.27 bits per heavy atom. The molecule has 1 heterocycles. The molecule has 266 valence electrons. The smallest absolute Gasteiger partial charge is 0.323 e. The number of sulfonamides is 1. The van der Waals surface area contributed by atoms with E-state index in [1.165, 1.54) is 54.4 Å². The molecule has 0 radical (unpaired) electrons.